The summed E-state index contributed by atoms with van der Waals surface area (Å²) in [5.41, 5.74) is 3.61. The fourth-order valence-corrected chi connectivity index (χ4v) is 2.38. The summed E-state index contributed by atoms with van der Waals surface area (Å²) in [5.74, 6) is 0.805. The minimum Gasteiger partial charge on any atom is -0.375 e. The summed E-state index contributed by atoms with van der Waals surface area (Å²) in [5, 5.41) is 3.51. The van der Waals surface area contributed by atoms with E-state index in [-0.39, 0.29) is 6.04 Å². The lowest BCUT2D eigenvalue weighted by molar-refractivity contribution is 0.0816. The maximum atomic E-state index is 5.63. The summed E-state index contributed by atoms with van der Waals surface area (Å²) in [7, 11) is 0. The topological polar surface area (TPSA) is 47.0 Å². The first-order chi connectivity index (χ1) is 9.33. The quantitative estimate of drug-likeness (QED) is 0.913. The van der Waals surface area contributed by atoms with Gasteiger partial charge in [-0.05, 0) is 24.1 Å². The van der Waals surface area contributed by atoms with E-state index in [9.17, 15) is 0 Å². The highest BCUT2D eigenvalue weighted by Gasteiger charge is 2.19. The molecule has 3 rings (SSSR count). The summed E-state index contributed by atoms with van der Waals surface area (Å²) in [6.07, 6.45) is 1.80. The Labute approximate surface area is 112 Å². The van der Waals surface area contributed by atoms with Crippen molar-refractivity contribution in [2.24, 2.45) is 0 Å². The van der Waals surface area contributed by atoms with Crippen LogP contribution in [0, 0.1) is 6.92 Å². The number of fused-ring (bicyclic) bond motifs is 1. The Hall–Kier alpha value is -1.78. The SMILES string of the molecule is Cc1nccc(CNC2COCc3ccccc32)n1. The van der Waals surface area contributed by atoms with Gasteiger partial charge in [-0.15, -0.1) is 0 Å². The van der Waals surface area contributed by atoms with E-state index in [0.29, 0.717) is 13.2 Å². The second kappa shape index (κ2) is 5.47. The molecular formula is C15H17N3O. The van der Waals surface area contributed by atoms with Crippen molar-refractivity contribution in [3.8, 4) is 0 Å². The van der Waals surface area contributed by atoms with E-state index in [1.54, 1.807) is 6.20 Å². The largest absolute Gasteiger partial charge is 0.375 e. The molecule has 4 nitrogen and oxygen atoms in total. The molecule has 1 aromatic carbocycles. The second-order valence-electron chi connectivity index (χ2n) is 4.74. The van der Waals surface area contributed by atoms with Gasteiger partial charge in [0.2, 0.25) is 0 Å². The molecule has 0 amide bonds. The molecule has 0 aliphatic carbocycles. The molecular weight excluding hydrogens is 238 g/mol. The third-order valence-corrected chi connectivity index (χ3v) is 3.34. The predicted molar refractivity (Wildman–Crippen MR) is 72.4 cm³/mol. The van der Waals surface area contributed by atoms with Crippen LogP contribution in [-0.4, -0.2) is 16.6 Å². The molecule has 4 heteroatoms. The lowest BCUT2D eigenvalue weighted by Crippen LogP contribution is -2.29. The molecule has 0 radical (unpaired) electrons. The van der Waals surface area contributed by atoms with E-state index in [1.165, 1.54) is 11.1 Å². The molecule has 1 aliphatic rings. The van der Waals surface area contributed by atoms with E-state index in [1.807, 2.05) is 13.0 Å². The molecule has 0 spiro atoms. The van der Waals surface area contributed by atoms with Gasteiger partial charge in [-0.3, -0.25) is 0 Å². The number of ether oxygens (including phenoxy) is 1. The first-order valence-corrected chi connectivity index (χ1v) is 6.50. The Morgan fingerprint density at radius 3 is 3.11 bits per heavy atom. The number of hydrogen-bond donors (Lipinski definition) is 1. The van der Waals surface area contributed by atoms with Crippen LogP contribution in [0.4, 0.5) is 0 Å². The number of hydrogen-bond acceptors (Lipinski definition) is 4. The van der Waals surface area contributed by atoms with Gasteiger partial charge in [0.25, 0.3) is 0 Å². The zero-order chi connectivity index (χ0) is 13.1. The average molecular weight is 255 g/mol. The van der Waals surface area contributed by atoms with E-state index < -0.39 is 0 Å². The van der Waals surface area contributed by atoms with Crippen LogP contribution in [0.15, 0.2) is 36.5 Å². The Balaban J connectivity index is 1.71. The fraction of sp³-hybridized carbons (Fsp3) is 0.333. The van der Waals surface area contributed by atoms with Crippen LogP contribution in [0.2, 0.25) is 0 Å². The highest BCUT2D eigenvalue weighted by molar-refractivity contribution is 5.31. The van der Waals surface area contributed by atoms with E-state index in [4.69, 9.17) is 4.74 Å². The van der Waals surface area contributed by atoms with Gasteiger partial charge in [0, 0.05) is 12.7 Å². The molecule has 1 atom stereocenters. The molecule has 1 aromatic heterocycles. The Bertz CT molecular complexity index is 571. The molecule has 1 aliphatic heterocycles. The smallest absolute Gasteiger partial charge is 0.125 e. The number of rotatable bonds is 3. The highest BCUT2D eigenvalue weighted by atomic mass is 16.5. The zero-order valence-corrected chi connectivity index (χ0v) is 11.0. The molecule has 98 valence electrons. The molecule has 0 bridgehead atoms. The summed E-state index contributed by atoms with van der Waals surface area (Å²) in [6, 6.07) is 10.6. The Morgan fingerprint density at radius 2 is 2.21 bits per heavy atom. The van der Waals surface area contributed by atoms with Crippen molar-refractivity contribution in [2.45, 2.75) is 26.1 Å². The number of benzene rings is 1. The van der Waals surface area contributed by atoms with Gasteiger partial charge in [-0.2, -0.15) is 0 Å². The van der Waals surface area contributed by atoms with Crippen LogP contribution in [-0.2, 0) is 17.9 Å². The van der Waals surface area contributed by atoms with Gasteiger partial charge in [0.15, 0.2) is 0 Å². The second-order valence-corrected chi connectivity index (χ2v) is 4.74. The number of aryl methyl sites for hydroxylation is 1. The van der Waals surface area contributed by atoms with Gasteiger partial charge < -0.3 is 10.1 Å². The first-order valence-electron chi connectivity index (χ1n) is 6.50. The molecule has 0 saturated heterocycles. The first kappa shape index (κ1) is 12.3. The normalized spacial score (nSPS) is 18.1. The maximum absolute atomic E-state index is 5.63. The minimum atomic E-state index is 0.236. The van der Waals surface area contributed by atoms with Crippen molar-refractivity contribution >= 4 is 0 Å². The Morgan fingerprint density at radius 1 is 1.32 bits per heavy atom. The summed E-state index contributed by atoms with van der Waals surface area (Å²) in [4.78, 5) is 8.51. The standard InChI is InChI=1S/C15H17N3O/c1-11-16-7-6-13(18-11)8-17-15-10-19-9-12-4-2-3-5-14(12)15/h2-7,15,17H,8-10H2,1H3. The van der Waals surface area contributed by atoms with E-state index in [2.05, 4.69) is 39.6 Å². The van der Waals surface area contributed by atoms with Crippen LogP contribution in [0.3, 0.4) is 0 Å². The van der Waals surface area contributed by atoms with Crippen molar-refractivity contribution in [1.29, 1.82) is 0 Å². The van der Waals surface area contributed by atoms with Crippen molar-refractivity contribution in [2.75, 3.05) is 6.61 Å². The molecule has 2 aromatic rings. The van der Waals surface area contributed by atoms with Crippen molar-refractivity contribution in [1.82, 2.24) is 15.3 Å². The predicted octanol–water partition coefficient (Wildman–Crippen LogP) is 2.15. The molecule has 0 fully saturated rings. The van der Waals surface area contributed by atoms with Crippen LogP contribution in [0.5, 0.6) is 0 Å². The van der Waals surface area contributed by atoms with Crippen molar-refractivity contribution < 1.29 is 4.74 Å². The third kappa shape index (κ3) is 2.80. The molecule has 1 unspecified atom stereocenters. The summed E-state index contributed by atoms with van der Waals surface area (Å²) in [6.45, 7) is 4.05. The molecule has 19 heavy (non-hydrogen) atoms. The molecule has 1 N–H and O–H groups in total. The zero-order valence-electron chi connectivity index (χ0n) is 11.0. The number of aromatic nitrogens is 2. The maximum Gasteiger partial charge on any atom is 0.125 e. The molecule has 0 saturated carbocycles. The van der Waals surface area contributed by atoms with Gasteiger partial charge in [0.05, 0.1) is 24.9 Å². The minimum absolute atomic E-state index is 0.236. The molecule has 2 heterocycles. The van der Waals surface area contributed by atoms with Gasteiger partial charge in [0.1, 0.15) is 5.82 Å². The van der Waals surface area contributed by atoms with Gasteiger partial charge >= 0.3 is 0 Å². The van der Waals surface area contributed by atoms with Gasteiger partial charge in [-0.25, -0.2) is 9.97 Å². The van der Waals surface area contributed by atoms with E-state index >= 15 is 0 Å². The van der Waals surface area contributed by atoms with Crippen molar-refractivity contribution in [3.63, 3.8) is 0 Å². The average Bonchev–Trinajstić information content (AvgIpc) is 2.45. The lowest BCUT2D eigenvalue weighted by atomic mass is 9.99. The van der Waals surface area contributed by atoms with Gasteiger partial charge in [-0.1, -0.05) is 24.3 Å². The fourth-order valence-electron chi connectivity index (χ4n) is 2.38. The summed E-state index contributed by atoms with van der Waals surface area (Å²) >= 11 is 0. The number of nitrogens with zero attached hydrogens (tertiary/aromatic N) is 2. The summed E-state index contributed by atoms with van der Waals surface area (Å²) < 4.78 is 5.63. The van der Waals surface area contributed by atoms with Crippen LogP contribution >= 0.6 is 0 Å². The van der Waals surface area contributed by atoms with E-state index in [0.717, 1.165) is 18.1 Å². The third-order valence-electron chi connectivity index (χ3n) is 3.34. The van der Waals surface area contributed by atoms with Crippen LogP contribution in [0.1, 0.15) is 28.7 Å². The van der Waals surface area contributed by atoms with Crippen LogP contribution in [0.25, 0.3) is 0 Å². The highest BCUT2D eigenvalue weighted by Crippen LogP contribution is 2.24. The number of nitrogens with one attached hydrogen (secondary N) is 1. The van der Waals surface area contributed by atoms with Crippen molar-refractivity contribution in [3.05, 3.63) is 59.2 Å². The Kier molecular flexibility index (Phi) is 3.53. The monoisotopic (exact) mass is 255 g/mol. The van der Waals surface area contributed by atoms with Crippen LogP contribution < -0.4 is 5.32 Å². The lowest BCUT2D eigenvalue weighted by Gasteiger charge is -2.26.